The topological polar surface area (TPSA) is 42.7 Å². The predicted octanol–water partition coefficient (Wildman–Crippen LogP) is 2.59. The van der Waals surface area contributed by atoms with Gasteiger partial charge < -0.3 is 5.32 Å². The minimum absolute atomic E-state index is 0.703. The molecule has 0 unspecified atom stereocenters. The van der Waals surface area contributed by atoms with Crippen LogP contribution in [0.3, 0.4) is 0 Å². The molecule has 0 radical (unpaired) electrons. The van der Waals surface area contributed by atoms with Crippen LogP contribution in [-0.2, 0) is 13.1 Å². The lowest BCUT2D eigenvalue weighted by atomic mass is 10.2. The van der Waals surface area contributed by atoms with Gasteiger partial charge in [0, 0.05) is 18.9 Å². The zero-order chi connectivity index (χ0) is 12.8. The highest BCUT2D eigenvalue weighted by molar-refractivity contribution is 9.10. The van der Waals surface area contributed by atoms with Crippen LogP contribution in [0.2, 0.25) is 0 Å². The Hall–Kier alpha value is -1.20. The summed E-state index contributed by atoms with van der Waals surface area (Å²) in [6.45, 7) is 4.79. The van der Waals surface area contributed by atoms with E-state index in [-0.39, 0.29) is 0 Å². The Morgan fingerprint density at radius 3 is 2.83 bits per heavy atom. The summed E-state index contributed by atoms with van der Waals surface area (Å²) in [5, 5.41) is 7.57. The fraction of sp³-hybridized carbons (Fsp3) is 0.385. The summed E-state index contributed by atoms with van der Waals surface area (Å²) in [7, 11) is 0. The zero-order valence-corrected chi connectivity index (χ0v) is 12.0. The van der Waals surface area contributed by atoms with Crippen molar-refractivity contribution in [2.24, 2.45) is 0 Å². The molecule has 0 aliphatic carbocycles. The molecule has 0 fully saturated rings. The van der Waals surface area contributed by atoms with Gasteiger partial charge in [-0.25, -0.2) is 0 Å². The van der Waals surface area contributed by atoms with E-state index in [0.29, 0.717) is 6.54 Å². The summed E-state index contributed by atoms with van der Waals surface area (Å²) < 4.78 is 2.85. The molecular formula is C13H17BrN4. The van der Waals surface area contributed by atoms with Crippen LogP contribution in [-0.4, -0.2) is 21.3 Å². The van der Waals surface area contributed by atoms with Gasteiger partial charge in [-0.1, -0.05) is 13.0 Å². The van der Waals surface area contributed by atoms with Crippen molar-refractivity contribution in [2.75, 3.05) is 6.54 Å². The Morgan fingerprint density at radius 1 is 1.33 bits per heavy atom. The number of hydrogen-bond donors (Lipinski definition) is 1. The molecule has 96 valence electrons. The van der Waals surface area contributed by atoms with Crippen LogP contribution in [0.1, 0.15) is 24.6 Å². The molecule has 5 heteroatoms. The Kier molecular flexibility index (Phi) is 4.90. The van der Waals surface area contributed by atoms with Crippen molar-refractivity contribution in [3.63, 3.8) is 0 Å². The minimum atomic E-state index is 0.703. The van der Waals surface area contributed by atoms with Crippen LogP contribution in [0, 0.1) is 0 Å². The van der Waals surface area contributed by atoms with Crippen molar-refractivity contribution in [3.05, 3.63) is 46.5 Å². The molecule has 1 N–H and O–H groups in total. The maximum Gasteiger partial charge on any atom is 0.0831 e. The van der Waals surface area contributed by atoms with Gasteiger partial charge in [0.25, 0.3) is 0 Å². The van der Waals surface area contributed by atoms with Gasteiger partial charge >= 0.3 is 0 Å². The highest BCUT2D eigenvalue weighted by Gasteiger charge is 1.99. The fourth-order valence-electron chi connectivity index (χ4n) is 1.65. The summed E-state index contributed by atoms with van der Waals surface area (Å²) in [5.41, 5.74) is 2.23. The average molecular weight is 309 g/mol. The summed E-state index contributed by atoms with van der Waals surface area (Å²) >= 11 is 3.38. The second-order valence-corrected chi connectivity index (χ2v) is 5.11. The van der Waals surface area contributed by atoms with E-state index in [4.69, 9.17) is 0 Å². The van der Waals surface area contributed by atoms with Crippen LogP contribution < -0.4 is 5.32 Å². The lowest BCUT2D eigenvalue weighted by Gasteiger charge is -2.05. The van der Waals surface area contributed by atoms with Crippen molar-refractivity contribution < 1.29 is 0 Å². The Bertz CT molecular complexity index is 478. The zero-order valence-electron chi connectivity index (χ0n) is 10.4. The van der Waals surface area contributed by atoms with Gasteiger partial charge in [-0.15, -0.1) is 0 Å². The first kappa shape index (κ1) is 13.2. The van der Waals surface area contributed by atoms with Crippen molar-refractivity contribution >= 4 is 15.9 Å². The third kappa shape index (κ3) is 3.92. The molecule has 0 bridgehead atoms. The second-order valence-electron chi connectivity index (χ2n) is 4.19. The van der Waals surface area contributed by atoms with Crippen LogP contribution in [0.25, 0.3) is 0 Å². The summed E-state index contributed by atoms with van der Waals surface area (Å²) in [5.74, 6) is 0. The van der Waals surface area contributed by atoms with E-state index in [2.05, 4.69) is 50.4 Å². The van der Waals surface area contributed by atoms with Gasteiger partial charge in [0.1, 0.15) is 0 Å². The number of hydrogen-bond acceptors (Lipinski definition) is 3. The quantitative estimate of drug-likeness (QED) is 0.834. The molecule has 2 rings (SSSR count). The van der Waals surface area contributed by atoms with Crippen molar-refractivity contribution in [2.45, 2.75) is 26.4 Å². The van der Waals surface area contributed by atoms with Gasteiger partial charge in [-0.2, -0.15) is 5.10 Å². The van der Waals surface area contributed by atoms with Gasteiger partial charge in [0.05, 0.1) is 22.9 Å². The van der Waals surface area contributed by atoms with Gasteiger partial charge in [0.2, 0.25) is 0 Å². The Morgan fingerprint density at radius 2 is 2.22 bits per heavy atom. The SMILES string of the molecule is CCCNCc1ccc(Cn2cc(Br)cn2)nc1. The lowest BCUT2D eigenvalue weighted by Crippen LogP contribution is -2.14. The molecule has 0 aliphatic rings. The predicted molar refractivity (Wildman–Crippen MR) is 75.3 cm³/mol. The molecule has 0 aromatic carbocycles. The van der Waals surface area contributed by atoms with Crippen molar-refractivity contribution in [1.29, 1.82) is 0 Å². The third-order valence-corrected chi connectivity index (χ3v) is 2.98. The molecule has 0 spiro atoms. The standard InChI is InChI=1S/C13H17BrN4/c1-2-5-15-6-11-3-4-13(16-7-11)10-18-9-12(14)8-17-18/h3-4,7-9,15H,2,5-6,10H2,1H3. The van der Waals surface area contributed by atoms with Crippen LogP contribution in [0.15, 0.2) is 35.2 Å². The van der Waals surface area contributed by atoms with E-state index in [0.717, 1.165) is 29.7 Å². The van der Waals surface area contributed by atoms with E-state index in [1.54, 1.807) is 6.20 Å². The third-order valence-electron chi connectivity index (χ3n) is 2.57. The van der Waals surface area contributed by atoms with E-state index in [1.807, 2.05) is 17.1 Å². The normalized spacial score (nSPS) is 10.8. The first-order chi connectivity index (χ1) is 8.78. The van der Waals surface area contributed by atoms with E-state index >= 15 is 0 Å². The lowest BCUT2D eigenvalue weighted by molar-refractivity contribution is 0.662. The maximum atomic E-state index is 4.45. The number of nitrogens with zero attached hydrogens (tertiary/aromatic N) is 3. The number of pyridine rings is 1. The van der Waals surface area contributed by atoms with Crippen LogP contribution >= 0.6 is 15.9 Å². The maximum absolute atomic E-state index is 4.45. The molecule has 0 aliphatic heterocycles. The molecule has 0 atom stereocenters. The first-order valence-electron chi connectivity index (χ1n) is 6.10. The number of aromatic nitrogens is 3. The molecule has 0 saturated carbocycles. The van der Waals surface area contributed by atoms with Gasteiger partial charge in [0.15, 0.2) is 0 Å². The molecule has 2 aromatic heterocycles. The van der Waals surface area contributed by atoms with Crippen LogP contribution in [0.4, 0.5) is 0 Å². The fourth-order valence-corrected chi connectivity index (χ4v) is 1.98. The van der Waals surface area contributed by atoms with Crippen molar-refractivity contribution in [1.82, 2.24) is 20.1 Å². The van der Waals surface area contributed by atoms with Crippen molar-refractivity contribution in [3.8, 4) is 0 Å². The smallest absolute Gasteiger partial charge is 0.0831 e. The minimum Gasteiger partial charge on any atom is -0.313 e. The largest absolute Gasteiger partial charge is 0.313 e. The molecule has 18 heavy (non-hydrogen) atoms. The Balaban J connectivity index is 1.91. The highest BCUT2D eigenvalue weighted by Crippen LogP contribution is 2.08. The van der Waals surface area contributed by atoms with Crippen LogP contribution in [0.5, 0.6) is 0 Å². The number of nitrogens with one attached hydrogen (secondary N) is 1. The second kappa shape index (κ2) is 6.66. The van der Waals surface area contributed by atoms with E-state index in [9.17, 15) is 0 Å². The average Bonchev–Trinajstić information content (AvgIpc) is 2.77. The first-order valence-corrected chi connectivity index (χ1v) is 6.89. The Labute approximate surface area is 116 Å². The molecular weight excluding hydrogens is 292 g/mol. The molecule has 2 heterocycles. The van der Waals surface area contributed by atoms with E-state index in [1.165, 1.54) is 5.56 Å². The monoisotopic (exact) mass is 308 g/mol. The summed E-state index contributed by atoms with van der Waals surface area (Å²) in [4.78, 5) is 4.45. The summed E-state index contributed by atoms with van der Waals surface area (Å²) in [6.07, 6.45) is 6.80. The van der Waals surface area contributed by atoms with Gasteiger partial charge in [-0.3, -0.25) is 9.67 Å². The summed E-state index contributed by atoms with van der Waals surface area (Å²) in [6, 6.07) is 4.17. The van der Waals surface area contributed by atoms with Gasteiger partial charge in [-0.05, 0) is 40.5 Å². The number of halogens is 1. The highest BCUT2D eigenvalue weighted by atomic mass is 79.9. The molecule has 4 nitrogen and oxygen atoms in total. The molecule has 0 saturated heterocycles. The molecule has 0 amide bonds. The molecule has 2 aromatic rings. The number of rotatable bonds is 6. The van der Waals surface area contributed by atoms with E-state index < -0.39 is 0 Å².